The lowest BCUT2D eigenvalue weighted by Gasteiger charge is -2.12. The quantitative estimate of drug-likeness (QED) is 0.374. The van der Waals surface area contributed by atoms with Crippen molar-refractivity contribution < 1.29 is 14.2 Å². The summed E-state index contributed by atoms with van der Waals surface area (Å²) in [6.45, 7) is 1.09. The fourth-order valence-electron chi connectivity index (χ4n) is 1.89. The zero-order valence-electron chi connectivity index (χ0n) is 13.5. The van der Waals surface area contributed by atoms with Crippen LogP contribution in [0.1, 0.15) is 6.42 Å². The molecule has 0 aliphatic carbocycles. The molecule has 0 unspecified atom stereocenters. The monoisotopic (exact) mass is 454 g/mol. The van der Waals surface area contributed by atoms with Gasteiger partial charge in [0.25, 0.3) is 0 Å². The second-order valence-electron chi connectivity index (χ2n) is 5.03. The lowest BCUT2D eigenvalue weighted by atomic mass is 10.3. The van der Waals surface area contributed by atoms with Gasteiger partial charge in [0, 0.05) is 23.6 Å². The van der Waals surface area contributed by atoms with Crippen molar-refractivity contribution in [2.45, 2.75) is 6.42 Å². The van der Waals surface area contributed by atoms with Gasteiger partial charge in [-0.3, -0.25) is 0 Å². The molecule has 0 N–H and O–H groups in total. The van der Waals surface area contributed by atoms with E-state index in [0.717, 1.165) is 5.75 Å². The Balaban J connectivity index is 1.82. The third kappa shape index (κ3) is 7.34. The van der Waals surface area contributed by atoms with Gasteiger partial charge in [-0.2, -0.15) is 0 Å². The van der Waals surface area contributed by atoms with Gasteiger partial charge in [-0.15, -0.1) is 0 Å². The first kappa shape index (κ1) is 21.3. The Kier molecular flexibility index (Phi) is 9.03. The Hall–Kier alpha value is -0.970. The van der Waals surface area contributed by atoms with Gasteiger partial charge in [-0.1, -0.05) is 58.0 Å². The fraction of sp³-hybridized carbons (Fsp3) is 0.222. The SMILES string of the molecule is ClC(Cl)=CCOc1cc(Cl)c(Cl)c(OCCCOc2ccc(Cl)cc2)c1. The molecule has 0 saturated heterocycles. The zero-order chi connectivity index (χ0) is 18.9. The molecular weight excluding hydrogens is 441 g/mol. The highest BCUT2D eigenvalue weighted by Crippen LogP contribution is 2.36. The standard InChI is InChI=1S/C18H15Cl5O3/c19-12-2-4-13(5-3-12)24-7-1-8-26-16-11-14(10-15(20)18(16)23)25-9-6-17(21)22/h2-6,10-11H,1,7-9H2. The molecule has 2 aromatic carbocycles. The van der Waals surface area contributed by atoms with Crippen LogP contribution in [0.15, 0.2) is 47.0 Å². The zero-order valence-corrected chi connectivity index (χ0v) is 17.3. The van der Waals surface area contributed by atoms with Gasteiger partial charge in [-0.05, 0) is 30.3 Å². The highest BCUT2D eigenvalue weighted by Gasteiger charge is 2.10. The molecule has 0 aliphatic heterocycles. The van der Waals surface area contributed by atoms with Gasteiger partial charge in [0.2, 0.25) is 0 Å². The number of benzene rings is 2. The summed E-state index contributed by atoms with van der Waals surface area (Å²) in [5.74, 6) is 1.68. The Bertz CT molecular complexity index is 743. The second-order valence-corrected chi connectivity index (χ2v) is 7.26. The third-order valence-electron chi connectivity index (χ3n) is 3.08. The average Bonchev–Trinajstić information content (AvgIpc) is 2.60. The van der Waals surface area contributed by atoms with Gasteiger partial charge in [-0.25, -0.2) is 0 Å². The summed E-state index contributed by atoms with van der Waals surface area (Å²) in [6.07, 6.45) is 2.17. The van der Waals surface area contributed by atoms with E-state index in [4.69, 9.17) is 72.2 Å². The largest absolute Gasteiger partial charge is 0.493 e. The summed E-state index contributed by atoms with van der Waals surface area (Å²) in [5, 5.41) is 1.32. The van der Waals surface area contributed by atoms with Crippen LogP contribution in [0.3, 0.4) is 0 Å². The van der Waals surface area contributed by atoms with Crippen molar-refractivity contribution in [3.8, 4) is 17.2 Å². The van der Waals surface area contributed by atoms with E-state index in [1.165, 1.54) is 6.08 Å². The lowest BCUT2D eigenvalue weighted by Crippen LogP contribution is -2.05. The molecule has 0 aromatic heterocycles. The molecule has 0 radical (unpaired) electrons. The summed E-state index contributed by atoms with van der Waals surface area (Å²) in [7, 11) is 0. The minimum absolute atomic E-state index is 0.127. The van der Waals surface area contributed by atoms with E-state index in [-0.39, 0.29) is 11.1 Å². The van der Waals surface area contributed by atoms with Gasteiger partial charge in [0.15, 0.2) is 0 Å². The number of hydrogen-bond acceptors (Lipinski definition) is 3. The van der Waals surface area contributed by atoms with Crippen LogP contribution < -0.4 is 14.2 Å². The molecule has 0 atom stereocenters. The normalized spacial score (nSPS) is 10.3. The first-order chi connectivity index (χ1) is 12.5. The molecule has 2 aromatic rings. The Morgan fingerprint density at radius 2 is 1.54 bits per heavy atom. The van der Waals surface area contributed by atoms with Crippen molar-refractivity contribution in [2.75, 3.05) is 19.8 Å². The second kappa shape index (κ2) is 11.0. The maximum absolute atomic E-state index is 6.16. The Morgan fingerprint density at radius 1 is 0.846 bits per heavy atom. The van der Waals surface area contributed by atoms with Crippen LogP contribution in [0, 0.1) is 0 Å². The first-order valence-corrected chi connectivity index (χ1v) is 9.49. The molecule has 0 fully saturated rings. The predicted octanol–water partition coefficient (Wildman–Crippen LogP) is 7.19. The van der Waals surface area contributed by atoms with E-state index in [9.17, 15) is 0 Å². The van der Waals surface area contributed by atoms with E-state index in [1.54, 1.807) is 24.3 Å². The van der Waals surface area contributed by atoms with Crippen LogP contribution in [-0.4, -0.2) is 19.8 Å². The lowest BCUT2D eigenvalue weighted by molar-refractivity contribution is 0.246. The molecule has 0 heterocycles. The van der Waals surface area contributed by atoms with Crippen molar-refractivity contribution >= 4 is 58.0 Å². The molecule has 0 bridgehead atoms. The molecule has 3 nitrogen and oxygen atoms in total. The van der Waals surface area contributed by atoms with Gasteiger partial charge >= 0.3 is 0 Å². The van der Waals surface area contributed by atoms with Crippen LogP contribution in [0.25, 0.3) is 0 Å². The molecule has 2 rings (SSSR count). The van der Waals surface area contributed by atoms with Gasteiger partial charge in [0.1, 0.15) is 33.4 Å². The van der Waals surface area contributed by atoms with E-state index in [0.29, 0.717) is 46.2 Å². The molecule has 8 heteroatoms. The summed E-state index contributed by atoms with van der Waals surface area (Å²) in [6, 6.07) is 10.4. The van der Waals surface area contributed by atoms with Crippen molar-refractivity contribution in [1.29, 1.82) is 0 Å². The highest BCUT2D eigenvalue weighted by molar-refractivity contribution is 6.55. The van der Waals surface area contributed by atoms with Crippen LogP contribution >= 0.6 is 58.0 Å². The number of hydrogen-bond donors (Lipinski definition) is 0. The van der Waals surface area contributed by atoms with Crippen molar-refractivity contribution in [3.05, 3.63) is 62.0 Å². The predicted molar refractivity (Wildman–Crippen MR) is 109 cm³/mol. The molecule has 140 valence electrons. The van der Waals surface area contributed by atoms with E-state index >= 15 is 0 Å². The minimum Gasteiger partial charge on any atom is -0.493 e. The third-order valence-corrected chi connectivity index (χ3v) is 4.43. The number of halogens is 5. The van der Waals surface area contributed by atoms with E-state index < -0.39 is 0 Å². The average molecular weight is 457 g/mol. The maximum Gasteiger partial charge on any atom is 0.143 e. The minimum atomic E-state index is 0.127. The molecule has 0 amide bonds. The molecular formula is C18H15Cl5O3. The summed E-state index contributed by atoms with van der Waals surface area (Å²) >= 11 is 29.2. The van der Waals surface area contributed by atoms with Gasteiger partial charge in [0.05, 0.1) is 18.2 Å². The Morgan fingerprint density at radius 3 is 2.23 bits per heavy atom. The van der Waals surface area contributed by atoms with E-state index in [1.807, 2.05) is 12.1 Å². The van der Waals surface area contributed by atoms with Crippen molar-refractivity contribution in [1.82, 2.24) is 0 Å². The van der Waals surface area contributed by atoms with Crippen LogP contribution in [0.2, 0.25) is 15.1 Å². The van der Waals surface area contributed by atoms with Crippen molar-refractivity contribution in [2.24, 2.45) is 0 Å². The summed E-state index contributed by atoms with van der Waals surface area (Å²) in [5.41, 5.74) is 0. The molecule has 0 spiro atoms. The maximum atomic E-state index is 6.16. The van der Waals surface area contributed by atoms with E-state index in [2.05, 4.69) is 0 Å². The molecule has 0 saturated carbocycles. The van der Waals surface area contributed by atoms with Crippen LogP contribution in [0.4, 0.5) is 0 Å². The fourth-order valence-corrected chi connectivity index (χ4v) is 2.51. The van der Waals surface area contributed by atoms with Crippen LogP contribution in [0.5, 0.6) is 17.2 Å². The summed E-state index contributed by atoms with van der Waals surface area (Å²) < 4.78 is 16.9. The first-order valence-electron chi connectivity index (χ1n) is 7.60. The summed E-state index contributed by atoms with van der Waals surface area (Å²) in [4.78, 5) is 0. The smallest absolute Gasteiger partial charge is 0.143 e. The number of rotatable bonds is 9. The van der Waals surface area contributed by atoms with Gasteiger partial charge < -0.3 is 14.2 Å². The molecule has 26 heavy (non-hydrogen) atoms. The highest BCUT2D eigenvalue weighted by atomic mass is 35.5. The number of ether oxygens (including phenoxy) is 3. The van der Waals surface area contributed by atoms with Crippen molar-refractivity contribution in [3.63, 3.8) is 0 Å². The molecule has 0 aliphatic rings. The Labute approximate surface area is 177 Å². The van der Waals surface area contributed by atoms with Crippen LogP contribution in [-0.2, 0) is 0 Å². The topological polar surface area (TPSA) is 27.7 Å².